The number of rotatable bonds is 8. The van der Waals surface area contributed by atoms with Gasteiger partial charge in [-0.2, -0.15) is 5.10 Å². The van der Waals surface area contributed by atoms with Crippen LogP contribution in [0.15, 0.2) is 4.99 Å². The standard InChI is InChI=1S/C22H42N6O2/c1-11-23-20(25-16(3)12-19-17(4)26-28(10)18(19)5)24-13-15(2)14-27(9)21(29)30-22(6,7)8/h15-16H,11-14H2,1-10H3,(H2,23,24,25). The van der Waals surface area contributed by atoms with E-state index in [2.05, 4.69) is 50.4 Å². The number of carbonyl (C=O) groups is 1. The summed E-state index contributed by atoms with van der Waals surface area (Å²) in [7, 11) is 3.74. The first-order chi connectivity index (χ1) is 13.8. The highest BCUT2D eigenvalue weighted by Crippen LogP contribution is 2.14. The van der Waals surface area contributed by atoms with Gasteiger partial charge in [-0.3, -0.25) is 9.67 Å². The minimum absolute atomic E-state index is 0.205. The van der Waals surface area contributed by atoms with Gasteiger partial charge in [0, 0.05) is 45.5 Å². The van der Waals surface area contributed by atoms with Gasteiger partial charge in [-0.1, -0.05) is 6.92 Å². The van der Waals surface area contributed by atoms with Crippen molar-refractivity contribution in [1.29, 1.82) is 0 Å². The number of guanidine groups is 1. The van der Waals surface area contributed by atoms with Gasteiger partial charge in [0.15, 0.2) is 5.96 Å². The highest BCUT2D eigenvalue weighted by atomic mass is 16.6. The molecule has 0 spiro atoms. The Morgan fingerprint density at radius 2 is 1.93 bits per heavy atom. The van der Waals surface area contributed by atoms with Gasteiger partial charge in [-0.15, -0.1) is 0 Å². The number of ether oxygens (including phenoxy) is 1. The fraction of sp³-hybridized carbons (Fsp3) is 0.773. The largest absolute Gasteiger partial charge is 0.444 e. The highest BCUT2D eigenvalue weighted by Gasteiger charge is 2.21. The summed E-state index contributed by atoms with van der Waals surface area (Å²) in [5.74, 6) is 0.993. The van der Waals surface area contributed by atoms with Gasteiger partial charge in [0.1, 0.15) is 5.60 Å². The van der Waals surface area contributed by atoms with Crippen LogP contribution in [0.2, 0.25) is 0 Å². The normalized spacial score (nSPS) is 14.3. The first kappa shape index (κ1) is 25.8. The number of aromatic nitrogens is 2. The van der Waals surface area contributed by atoms with E-state index in [4.69, 9.17) is 9.73 Å². The van der Waals surface area contributed by atoms with Crippen molar-refractivity contribution >= 4 is 12.1 Å². The Balaban J connectivity index is 2.65. The summed E-state index contributed by atoms with van der Waals surface area (Å²) in [5, 5.41) is 11.3. The van der Waals surface area contributed by atoms with Crippen molar-refractivity contribution in [3.05, 3.63) is 17.0 Å². The zero-order valence-corrected chi connectivity index (χ0v) is 20.6. The summed E-state index contributed by atoms with van der Waals surface area (Å²) in [6.45, 7) is 18.0. The van der Waals surface area contributed by atoms with Crippen LogP contribution in [0.25, 0.3) is 0 Å². The van der Waals surface area contributed by atoms with E-state index in [1.54, 1.807) is 11.9 Å². The van der Waals surface area contributed by atoms with E-state index >= 15 is 0 Å². The zero-order valence-electron chi connectivity index (χ0n) is 20.6. The molecule has 8 heteroatoms. The van der Waals surface area contributed by atoms with Crippen LogP contribution >= 0.6 is 0 Å². The van der Waals surface area contributed by atoms with Crippen LogP contribution in [0.1, 0.15) is 58.5 Å². The Kier molecular flexibility index (Phi) is 9.65. The molecule has 0 saturated carbocycles. The molecule has 1 rings (SSSR count). The minimum Gasteiger partial charge on any atom is -0.444 e. The molecule has 0 bridgehead atoms. The third kappa shape index (κ3) is 8.63. The van der Waals surface area contributed by atoms with Crippen LogP contribution in [0, 0.1) is 19.8 Å². The lowest BCUT2D eigenvalue weighted by molar-refractivity contribution is 0.0279. The molecule has 0 fully saturated rings. The fourth-order valence-corrected chi connectivity index (χ4v) is 3.21. The number of nitrogens with one attached hydrogen (secondary N) is 2. The number of amides is 1. The maximum Gasteiger partial charge on any atom is 0.410 e. The average Bonchev–Trinajstić information content (AvgIpc) is 2.84. The Morgan fingerprint density at radius 1 is 1.30 bits per heavy atom. The summed E-state index contributed by atoms with van der Waals surface area (Å²) in [6.07, 6.45) is 0.575. The Hall–Kier alpha value is -2.25. The van der Waals surface area contributed by atoms with Gasteiger partial charge in [0.2, 0.25) is 0 Å². The molecule has 172 valence electrons. The number of hydrogen-bond donors (Lipinski definition) is 2. The molecule has 1 aromatic rings. The maximum absolute atomic E-state index is 12.1. The van der Waals surface area contributed by atoms with Gasteiger partial charge >= 0.3 is 6.09 Å². The van der Waals surface area contributed by atoms with Crippen LogP contribution in [0.5, 0.6) is 0 Å². The lowest BCUT2D eigenvalue weighted by Gasteiger charge is -2.26. The quantitative estimate of drug-likeness (QED) is 0.497. The van der Waals surface area contributed by atoms with E-state index in [0.717, 1.165) is 24.6 Å². The van der Waals surface area contributed by atoms with E-state index in [9.17, 15) is 4.79 Å². The summed E-state index contributed by atoms with van der Waals surface area (Å²) in [6, 6.07) is 0.212. The number of aryl methyl sites for hydroxylation is 2. The summed E-state index contributed by atoms with van der Waals surface area (Å²) in [4.78, 5) is 18.5. The second-order valence-electron chi connectivity index (χ2n) is 9.21. The number of aliphatic imine (C=N–C) groups is 1. The van der Waals surface area contributed by atoms with Gasteiger partial charge in [-0.25, -0.2) is 4.79 Å². The summed E-state index contributed by atoms with van der Waals surface area (Å²) in [5.41, 5.74) is 3.06. The van der Waals surface area contributed by atoms with Crippen molar-refractivity contribution in [2.75, 3.05) is 26.7 Å². The zero-order chi connectivity index (χ0) is 23.1. The summed E-state index contributed by atoms with van der Waals surface area (Å²) >= 11 is 0. The molecule has 0 saturated heterocycles. The molecule has 0 aromatic carbocycles. The van der Waals surface area contributed by atoms with Crippen molar-refractivity contribution in [2.45, 2.75) is 73.5 Å². The summed E-state index contributed by atoms with van der Waals surface area (Å²) < 4.78 is 7.34. The average molecular weight is 423 g/mol. The van der Waals surface area contributed by atoms with E-state index in [1.807, 2.05) is 32.5 Å². The monoisotopic (exact) mass is 422 g/mol. The smallest absolute Gasteiger partial charge is 0.410 e. The van der Waals surface area contributed by atoms with E-state index < -0.39 is 5.60 Å². The van der Waals surface area contributed by atoms with E-state index in [1.165, 1.54) is 11.3 Å². The molecular formula is C22H42N6O2. The molecule has 30 heavy (non-hydrogen) atoms. The molecule has 2 unspecified atom stereocenters. The van der Waals surface area contributed by atoms with Crippen LogP contribution in [0.4, 0.5) is 4.79 Å². The van der Waals surface area contributed by atoms with Crippen LogP contribution in [-0.2, 0) is 18.2 Å². The number of carbonyl (C=O) groups excluding carboxylic acids is 1. The van der Waals surface area contributed by atoms with Crippen molar-refractivity contribution in [1.82, 2.24) is 25.3 Å². The van der Waals surface area contributed by atoms with Crippen molar-refractivity contribution in [3.63, 3.8) is 0 Å². The van der Waals surface area contributed by atoms with Crippen LogP contribution in [0.3, 0.4) is 0 Å². The second-order valence-corrected chi connectivity index (χ2v) is 9.21. The second kappa shape index (κ2) is 11.2. The van der Waals surface area contributed by atoms with Crippen LogP contribution < -0.4 is 10.6 Å². The Morgan fingerprint density at radius 3 is 2.43 bits per heavy atom. The predicted octanol–water partition coefficient (Wildman–Crippen LogP) is 3.03. The molecule has 2 N–H and O–H groups in total. The van der Waals surface area contributed by atoms with Crippen LogP contribution in [-0.4, -0.2) is 65.1 Å². The Labute approximate surface area is 182 Å². The third-order valence-corrected chi connectivity index (χ3v) is 4.75. The Bertz CT molecular complexity index is 720. The first-order valence-electron chi connectivity index (χ1n) is 10.8. The van der Waals surface area contributed by atoms with Gasteiger partial charge < -0.3 is 20.3 Å². The van der Waals surface area contributed by atoms with Gasteiger partial charge in [-0.05, 0) is 66.4 Å². The molecule has 8 nitrogen and oxygen atoms in total. The lowest BCUT2D eigenvalue weighted by atomic mass is 10.1. The number of nitrogens with zero attached hydrogens (tertiary/aromatic N) is 4. The van der Waals surface area contributed by atoms with Gasteiger partial charge in [0.05, 0.1) is 5.69 Å². The predicted molar refractivity (Wildman–Crippen MR) is 123 cm³/mol. The van der Waals surface area contributed by atoms with Crippen molar-refractivity contribution < 1.29 is 9.53 Å². The van der Waals surface area contributed by atoms with Gasteiger partial charge in [0.25, 0.3) is 0 Å². The highest BCUT2D eigenvalue weighted by molar-refractivity contribution is 5.80. The van der Waals surface area contributed by atoms with Crippen molar-refractivity contribution in [3.8, 4) is 0 Å². The molecule has 2 atom stereocenters. The third-order valence-electron chi connectivity index (χ3n) is 4.75. The molecule has 0 aliphatic carbocycles. The van der Waals surface area contributed by atoms with Crippen molar-refractivity contribution in [2.24, 2.45) is 18.0 Å². The van der Waals surface area contributed by atoms with E-state index in [0.29, 0.717) is 13.1 Å². The fourth-order valence-electron chi connectivity index (χ4n) is 3.21. The molecular weight excluding hydrogens is 380 g/mol. The molecule has 1 heterocycles. The first-order valence-corrected chi connectivity index (χ1v) is 10.8. The number of hydrogen-bond acceptors (Lipinski definition) is 4. The molecule has 0 aliphatic rings. The molecule has 1 aromatic heterocycles. The SMILES string of the molecule is CCNC(=NCC(C)CN(C)C(=O)OC(C)(C)C)NC(C)Cc1c(C)nn(C)c1C. The molecule has 1 amide bonds. The van der Waals surface area contributed by atoms with E-state index in [-0.39, 0.29) is 18.1 Å². The molecule has 0 aliphatic heterocycles. The molecule has 0 radical (unpaired) electrons. The topological polar surface area (TPSA) is 83.8 Å². The lowest BCUT2D eigenvalue weighted by Crippen LogP contribution is -2.43. The minimum atomic E-state index is -0.490. The maximum atomic E-state index is 12.1.